The summed E-state index contributed by atoms with van der Waals surface area (Å²) in [5.41, 5.74) is 1.99. The lowest BCUT2D eigenvalue weighted by atomic mass is 9.89. The van der Waals surface area contributed by atoms with Crippen LogP contribution in [0.3, 0.4) is 0 Å². The predicted molar refractivity (Wildman–Crippen MR) is 73.1 cm³/mol. The lowest BCUT2D eigenvalue weighted by Gasteiger charge is -2.23. The van der Waals surface area contributed by atoms with Gasteiger partial charge in [-0.1, -0.05) is 19.1 Å². The maximum atomic E-state index is 11.5. The Bertz CT molecular complexity index is 445. The molecular formula is C15H21NO3. The van der Waals surface area contributed by atoms with Gasteiger partial charge in [-0.2, -0.15) is 0 Å². The average Bonchev–Trinajstić information content (AvgIpc) is 2.43. The summed E-state index contributed by atoms with van der Waals surface area (Å²) >= 11 is 0. The van der Waals surface area contributed by atoms with Crippen LogP contribution in [-0.4, -0.2) is 24.2 Å². The van der Waals surface area contributed by atoms with Gasteiger partial charge in [-0.05, 0) is 42.9 Å². The SMILES string of the molecule is CCCNC(=O)COc1cccc2c1CCCC2O. The number of aliphatic hydroxyl groups is 1. The average molecular weight is 263 g/mol. The lowest BCUT2D eigenvalue weighted by molar-refractivity contribution is -0.123. The maximum Gasteiger partial charge on any atom is 0.257 e. The van der Waals surface area contributed by atoms with E-state index in [1.165, 1.54) is 0 Å². The van der Waals surface area contributed by atoms with Gasteiger partial charge in [0, 0.05) is 6.54 Å². The highest BCUT2D eigenvalue weighted by Crippen LogP contribution is 2.35. The summed E-state index contributed by atoms with van der Waals surface area (Å²) in [5.74, 6) is 0.624. The molecule has 1 aliphatic carbocycles. The van der Waals surface area contributed by atoms with E-state index in [4.69, 9.17) is 4.74 Å². The molecule has 1 aromatic carbocycles. The Kier molecular flexibility index (Phi) is 4.80. The van der Waals surface area contributed by atoms with Gasteiger partial charge >= 0.3 is 0 Å². The first-order chi connectivity index (χ1) is 9.22. The molecule has 0 saturated heterocycles. The van der Waals surface area contributed by atoms with E-state index in [9.17, 15) is 9.90 Å². The van der Waals surface area contributed by atoms with Crippen LogP contribution in [0.1, 0.15) is 43.4 Å². The topological polar surface area (TPSA) is 58.6 Å². The van der Waals surface area contributed by atoms with E-state index in [1.54, 1.807) is 0 Å². The molecular weight excluding hydrogens is 242 g/mol. The normalized spacial score (nSPS) is 17.7. The van der Waals surface area contributed by atoms with Crippen molar-refractivity contribution in [3.63, 3.8) is 0 Å². The van der Waals surface area contributed by atoms with Crippen molar-refractivity contribution in [1.29, 1.82) is 0 Å². The van der Waals surface area contributed by atoms with E-state index in [0.717, 1.165) is 42.6 Å². The van der Waals surface area contributed by atoms with Crippen LogP contribution < -0.4 is 10.1 Å². The molecule has 0 spiro atoms. The van der Waals surface area contributed by atoms with Crippen molar-refractivity contribution in [3.8, 4) is 5.75 Å². The quantitative estimate of drug-likeness (QED) is 0.853. The van der Waals surface area contributed by atoms with Gasteiger partial charge in [-0.25, -0.2) is 0 Å². The van der Waals surface area contributed by atoms with Crippen molar-refractivity contribution < 1.29 is 14.6 Å². The fourth-order valence-electron chi connectivity index (χ4n) is 2.38. The first-order valence-corrected chi connectivity index (χ1v) is 6.91. The monoisotopic (exact) mass is 263 g/mol. The summed E-state index contributed by atoms with van der Waals surface area (Å²) in [5, 5.41) is 12.7. The zero-order valence-corrected chi connectivity index (χ0v) is 11.3. The van der Waals surface area contributed by atoms with E-state index in [2.05, 4.69) is 5.32 Å². The van der Waals surface area contributed by atoms with Crippen molar-refractivity contribution in [2.75, 3.05) is 13.2 Å². The number of aliphatic hydroxyl groups excluding tert-OH is 1. The van der Waals surface area contributed by atoms with Crippen LogP contribution in [0, 0.1) is 0 Å². The number of rotatable bonds is 5. The summed E-state index contributed by atoms with van der Waals surface area (Å²) < 4.78 is 5.59. The van der Waals surface area contributed by atoms with Crippen LogP contribution in [0.5, 0.6) is 5.75 Å². The number of hydrogen-bond acceptors (Lipinski definition) is 3. The van der Waals surface area contributed by atoms with E-state index >= 15 is 0 Å². The second kappa shape index (κ2) is 6.57. The van der Waals surface area contributed by atoms with Crippen molar-refractivity contribution >= 4 is 5.91 Å². The Hall–Kier alpha value is -1.55. The van der Waals surface area contributed by atoms with Crippen molar-refractivity contribution in [2.24, 2.45) is 0 Å². The third kappa shape index (κ3) is 3.47. The van der Waals surface area contributed by atoms with Crippen LogP contribution in [0.4, 0.5) is 0 Å². The fraction of sp³-hybridized carbons (Fsp3) is 0.533. The summed E-state index contributed by atoms with van der Waals surface area (Å²) in [7, 11) is 0. The van der Waals surface area contributed by atoms with E-state index < -0.39 is 6.10 Å². The number of carbonyl (C=O) groups excluding carboxylic acids is 1. The van der Waals surface area contributed by atoms with Gasteiger partial charge in [-0.3, -0.25) is 4.79 Å². The standard InChI is InChI=1S/C15H21NO3/c1-2-9-16-15(18)10-19-14-8-4-5-11-12(14)6-3-7-13(11)17/h4-5,8,13,17H,2-3,6-7,9-10H2,1H3,(H,16,18). The number of benzene rings is 1. The Morgan fingerprint density at radius 3 is 3.16 bits per heavy atom. The molecule has 4 heteroatoms. The zero-order chi connectivity index (χ0) is 13.7. The first-order valence-electron chi connectivity index (χ1n) is 6.91. The predicted octanol–water partition coefficient (Wildman–Crippen LogP) is 1.96. The summed E-state index contributed by atoms with van der Waals surface area (Å²) in [6, 6.07) is 5.67. The molecule has 2 rings (SSSR count). The van der Waals surface area contributed by atoms with Crippen LogP contribution in [-0.2, 0) is 11.2 Å². The molecule has 1 aliphatic rings. The minimum Gasteiger partial charge on any atom is -0.483 e. The number of ether oxygens (including phenoxy) is 1. The van der Waals surface area contributed by atoms with Gasteiger partial charge in [-0.15, -0.1) is 0 Å². The summed E-state index contributed by atoms with van der Waals surface area (Å²) in [6.45, 7) is 2.72. The van der Waals surface area contributed by atoms with E-state index in [-0.39, 0.29) is 12.5 Å². The molecule has 2 N–H and O–H groups in total. The second-order valence-corrected chi connectivity index (χ2v) is 4.87. The lowest BCUT2D eigenvalue weighted by Crippen LogP contribution is -2.29. The van der Waals surface area contributed by atoms with Crippen molar-refractivity contribution in [1.82, 2.24) is 5.32 Å². The Labute approximate surface area is 113 Å². The first kappa shape index (κ1) is 13.9. The minimum absolute atomic E-state index is 0.0343. The highest BCUT2D eigenvalue weighted by molar-refractivity contribution is 5.77. The highest BCUT2D eigenvalue weighted by atomic mass is 16.5. The summed E-state index contributed by atoms with van der Waals surface area (Å²) in [6.07, 6.45) is 3.17. The number of nitrogens with one attached hydrogen (secondary N) is 1. The molecule has 0 heterocycles. The minimum atomic E-state index is -0.402. The molecule has 1 amide bonds. The Morgan fingerprint density at radius 2 is 2.37 bits per heavy atom. The van der Waals surface area contributed by atoms with E-state index in [0.29, 0.717) is 6.54 Å². The third-order valence-electron chi connectivity index (χ3n) is 3.36. The largest absolute Gasteiger partial charge is 0.483 e. The van der Waals surface area contributed by atoms with Gasteiger partial charge in [0.2, 0.25) is 0 Å². The third-order valence-corrected chi connectivity index (χ3v) is 3.36. The van der Waals surface area contributed by atoms with Crippen molar-refractivity contribution in [2.45, 2.75) is 38.7 Å². The van der Waals surface area contributed by atoms with Crippen LogP contribution in [0.15, 0.2) is 18.2 Å². The second-order valence-electron chi connectivity index (χ2n) is 4.87. The molecule has 104 valence electrons. The number of carbonyl (C=O) groups is 1. The fourth-order valence-corrected chi connectivity index (χ4v) is 2.38. The number of hydrogen-bond donors (Lipinski definition) is 2. The van der Waals surface area contributed by atoms with Crippen LogP contribution in [0.25, 0.3) is 0 Å². The molecule has 1 aromatic rings. The molecule has 0 radical (unpaired) electrons. The van der Waals surface area contributed by atoms with Gasteiger partial charge in [0.15, 0.2) is 6.61 Å². The molecule has 0 bridgehead atoms. The zero-order valence-electron chi connectivity index (χ0n) is 11.3. The molecule has 0 fully saturated rings. The molecule has 0 saturated carbocycles. The van der Waals surface area contributed by atoms with Crippen LogP contribution >= 0.6 is 0 Å². The Morgan fingerprint density at radius 1 is 1.53 bits per heavy atom. The molecule has 1 unspecified atom stereocenters. The van der Waals surface area contributed by atoms with Gasteiger partial charge < -0.3 is 15.2 Å². The molecule has 1 atom stereocenters. The Balaban J connectivity index is 2.01. The number of fused-ring (bicyclic) bond motifs is 1. The van der Waals surface area contributed by atoms with E-state index in [1.807, 2.05) is 25.1 Å². The maximum absolute atomic E-state index is 11.5. The molecule has 0 aromatic heterocycles. The van der Waals surface area contributed by atoms with Crippen LogP contribution in [0.2, 0.25) is 0 Å². The number of amides is 1. The van der Waals surface area contributed by atoms with Crippen molar-refractivity contribution in [3.05, 3.63) is 29.3 Å². The molecule has 4 nitrogen and oxygen atoms in total. The summed E-state index contributed by atoms with van der Waals surface area (Å²) in [4.78, 5) is 11.5. The van der Waals surface area contributed by atoms with Gasteiger partial charge in [0.05, 0.1) is 6.10 Å². The molecule has 0 aliphatic heterocycles. The molecule has 19 heavy (non-hydrogen) atoms. The smallest absolute Gasteiger partial charge is 0.257 e. The van der Waals surface area contributed by atoms with Gasteiger partial charge in [0.1, 0.15) is 5.75 Å². The van der Waals surface area contributed by atoms with Gasteiger partial charge in [0.25, 0.3) is 5.91 Å². The highest BCUT2D eigenvalue weighted by Gasteiger charge is 2.21.